The molecular weight excluding hydrogens is 254 g/mol. The number of unbranched alkanes of at least 4 members (excludes halogenated alkanes) is 1. The Balaban J connectivity index is 2.11. The topological polar surface area (TPSA) is 12.0 Å². The molecule has 1 unspecified atom stereocenters. The quantitative estimate of drug-likeness (QED) is 0.699. The van der Waals surface area contributed by atoms with Gasteiger partial charge in [0.25, 0.3) is 0 Å². The molecule has 2 atom stereocenters. The van der Waals surface area contributed by atoms with Gasteiger partial charge in [0.2, 0.25) is 0 Å². The molecule has 0 heterocycles. The highest BCUT2D eigenvalue weighted by Gasteiger charge is 2.14. The van der Waals surface area contributed by atoms with Crippen LogP contribution in [0.15, 0.2) is 54.6 Å². The number of aryl methyl sites for hydroxylation is 1. The normalized spacial score (nSPS) is 13.9. The van der Waals surface area contributed by atoms with Gasteiger partial charge in [0.05, 0.1) is 0 Å². The van der Waals surface area contributed by atoms with E-state index in [2.05, 4.69) is 80.7 Å². The average Bonchev–Trinajstić information content (AvgIpc) is 2.52. The first-order valence-corrected chi connectivity index (χ1v) is 8.08. The molecule has 0 aliphatic heterocycles. The summed E-state index contributed by atoms with van der Waals surface area (Å²) in [4.78, 5) is 0. The molecule has 0 spiro atoms. The first-order chi connectivity index (χ1) is 10.2. The summed E-state index contributed by atoms with van der Waals surface area (Å²) < 4.78 is 0. The Morgan fingerprint density at radius 1 is 0.952 bits per heavy atom. The zero-order chi connectivity index (χ0) is 15.1. The van der Waals surface area contributed by atoms with Crippen molar-refractivity contribution in [2.45, 2.75) is 52.1 Å². The van der Waals surface area contributed by atoms with Crippen LogP contribution in [0.25, 0.3) is 0 Å². The molecule has 0 aliphatic rings. The third-order valence-electron chi connectivity index (χ3n) is 4.04. The van der Waals surface area contributed by atoms with Gasteiger partial charge in [-0.15, -0.1) is 0 Å². The standard InChI is InChI=1S/C20H27N/c1-4-5-14-20(18-11-7-6-8-12-18)21-17(3)19-13-9-10-16(2)15-19/h6-13,15,17,20-21H,4-5,14H2,1-3H3/t17-,20?/m1/s1. The van der Waals surface area contributed by atoms with Crippen LogP contribution in [0.3, 0.4) is 0 Å². The Hall–Kier alpha value is -1.60. The van der Waals surface area contributed by atoms with Crippen LogP contribution in [0.2, 0.25) is 0 Å². The second-order valence-corrected chi connectivity index (χ2v) is 5.91. The van der Waals surface area contributed by atoms with E-state index in [1.807, 2.05) is 0 Å². The van der Waals surface area contributed by atoms with Crippen LogP contribution in [0.4, 0.5) is 0 Å². The molecule has 0 radical (unpaired) electrons. The maximum atomic E-state index is 3.81. The zero-order valence-corrected chi connectivity index (χ0v) is 13.5. The molecule has 21 heavy (non-hydrogen) atoms. The molecule has 1 heteroatoms. The molecule has 0 aromatic heterocycles. The fourth-order valence-corrected chi connectivity index (χ4v) is 2.78. The highest BCUT2D eigenvalue weighted by Crippen LogP contribution is 2.24. The molecular formula is C20H27N. The molecule has 0 amide bonds. The fraction of sp³-hybridized carbons (Fsp3) is 0.400. The second-order valence-electron chi connectivity index (χ2n) is 5.91. The number of hydrogen-bond donors (Lipinski definition) is 1. The molecule has 2 aromatic rings. The highest BCUT2D eigenvalue weighted by atomic mass is 14.9. The summed E-state index contributed by atoms with van der Waals surface area (Å²) in [6.45, 7) is 6.67. The molecule has 0 aliphatic carbocycles. The average molecular weight is 281 g/mol. The third-order valence-corrected chi connectivity index (χ3v) is 4.04. The lowest BCUT2D eigenvalue weighted by atomic mass is 9.98. The van der Waals surface area contributed by atoms with Crippen LogP contribution in [-0.2, 0) is 0 Å². The summed E-state index contributed by atoms with van der Waals surface area (Å²) >= 11 is 0. The Labute approximate surface area is 129 Å². The smallest absolute Gasteiger partial charge is 0.0325 e. The highest BCUT2D eigenvalue weighted by molar-refractivity contribution is 5.26. The minimum atomic E-state index is 0.368. The van der Waals surface area contributed by atoms with Gasteiger partial charge < -0.3 is 5.32 Å². The molecule has 0 bridgehead atoms. The summed E-state index contributed by atoms with van der Waals surface area (Å²) in [5.74, 6) is 0. The summed E-state index contributed by atoms with van der Waals surface area (Å²) in [5, 5.41) is 3.81. The molecule has 112 valence electrons. The summed E-state index contributed by atoms with van der Waals surface area (Å²) in [5.41, 5.74) is 4.09. The van der Waals surface area contributed by atoms with Crippen molar-refractivity contribution in [3.8, 4) is 0 Å². The van der Waals surface area contributed by atoms with Gasteiger partial charge in [0, 0.05) is 12.1 Å². The second kappa shape index (κ2) is 7.99. The molecule has 0 saturated carbocycles. The van der Waals surface area contributed by atoms with Crippen molar-refractivity contribution in [3.63, 3.8) is 0 Å². The Bertz CT molecular complexity index is 533. The molecule has 0 fully saturated rings. The van der Waals surface area contributed by atoms with E-state index >= 15 is 0 Å². The van der Waals surface area contributed by atoms with Gasteiger partial charge >= 0.3 is 0 Å². The zero-order valence-electron chi connectivity index (χ0n) is 13.5. The maximum absolute atomic E-state index is 3.81. The molecule has 2 rings (SSSR count). The van der Waals surface area contributed by atoms with Crippen molar-refractivity contribution in [3.05, 3.63) is 71.3 Å². The Morgan fingerprint density at radius 3 is 2.33 bits per heavy atom. The van der Waals surface area contributed by atoms with Crippen molar-refractivity contribution >= 4 is 0 Å². The van der Waals surface area contributed by atoms with E-state index in [4.69, 9.17) is 0 Å². The number of benzene rings is 2. The van der Waals surface area contributed by atoms with Gasteiger partial charge in [0.15, 0.2) is 0 Å². The van der Waals surface area contributed by atoms with E-state index in [9.17, 15) is 0 Å². The van der Waals surface area contributed by atoms with Crippen LogP contribution in [0, 0.1) is 6.92 Å². The van der Waals surface area contributed by atoms with Crippen molar-refractivity contribution < 1.29 is 0 Å². The maximum Gasteiger partial charge on any atom is 0.0325 e. The first-order valence-electron chi connectivity index (χ1n) is 8.08. The first kappa shape index (κ1) is 15.8. The lowest BCUT2D eigenvalue weighted by Crippen LogP contribution is -2.24. The van der Waals surface area contributed by atoms with Crippen molar-refractivity contribution in [1.29, 1.82) is 0 Å². The number of rotatable bonds is 7. The van der Waals surface area contributed by atoms with Gasteiger partial charge in [0.1, 0.15) is 0 Å². The van der Waals surface area contributed by atoms with Crippen molar-refractivity contribution in [1.82, 2.24) is 5.32 Å². The van der Waals surface area contributed by atoms with Gasteiger partial charge in [-0.25, -0.2) is 0 Å². The minimum absolute atomic E-state index is 0.368. The molecule has 0 saturated heterocycles. The van der Waals surface area contributed by atoms with Gasteiger partial charge in [-0.1, -0.05) is 79.9 Å². The van der Waals surface area contributed by atoms with Crippen LogP contribution in [0.5, 0.6) is 0 Å². The number of hydrogen-bond acceptors (Lipinski definition) is 1. The monoisotopic (exact) mass is 281 g/mol. The van der Waals surface area contributed by atoms with Crippen LogP contribution < -0.4 is 5.32 Å². The van der Waals surface area contributed by atoms with Crippen molar-refractivity contribution in [2.75, 3.05) is 0 Å². The predicted molar refractivity (Wildman–Crippen MR) is 91.4 cm³/mol. The van der Waals surface area contributed by atoms with Gasteiger partial charge in [-0.2, -0.15) is 0 Å². The van der Waals surface area contributed by atoms with E-state index in [0.717, 1.165) is 0 Å². The third kappa shape index (κ3) is 4.71. The molecule has 1 N–H and O–H groups in total. The van der Waals surface area contributed by atoms with E-state index in [-0.39, 0.29) is 0 Å². The van der Waals surface area contributed by atoms with E-state index in [0.29, 0.717) is 12.1 Å². The Kier molecular flexibility index (Phi) is 6.01. The summed E-state index contributed by atoms with van der Waals surface area (Å²) in [6, 6.07) is 20.4. The predicted octanol–water partition coefficient (Wildman–Crippen LogP) is 5.58. The van der Waals surface area contributed by atoms with Crippen LogP contribution in [-0.4, -0.2) is 0 Å². The Morgan fingerprint density at radius 2 is 1.67 bits per heavy atom. The summed E-state index contributed by atoms with van der Waals surface area (Å²) in [6.07, 6.45) is 3.69. The minimum Gasteiger partial charge on any atom is -0.303 e. The van der Waals surface area contributed by atoms with Gasteiger partial charge in [-0.3, -0.25) is 0 Å². The summed E-state index contributed by atoms with van der Waals surface area (Å²) in [7, 11) is 0. The largest absolute Gasteiger partial charge is 0.303 e. The van der Waals surface area contributed by atoms with Crippen LogP contribution >= 0.6 is 0 Å². The van der Waals surface area contributed by atoms with Crippen molar-refractivity contribution in [2.24, 2.45) is 0 Å². The number of nitrogens with one attached hydrogen (secondary N) is 1. The molecule has 1 nitrogen and oxygen atoms in total. The van der Waals surface area contributed by atoms with E-state index in [1.54, 1.807) is 0 Å². The lowest BCUT2D eigenvalue weighted by molar-refractivity contribution is 0.431. The van der Waals surface area contributed by atoms with Gasteiger partial charge in [-0.05, 0) is 31.4 Å². The van der Waals surface area contributed by atoms with Crippen LogP contribution in [0.1, 0.15) is 61.9 Å². The lowest BCUT2D eigenvalue weighted by Gasteiger charge is -2.24. The van der Waals surface area contributed by atoms with E-state index < -0.39 is 0 Å². The SMILES string of the molecule is CCCCC(N[C@H](C)c1cccc(C)c1)c1ccccc1. The van der Waals surface area contributed by atoms with E-state index in [1.165, 1.54) is 36.0 Å². The fourth-order valence-electron chi connectivity index (χ4n) is 2.78. The molecule has 2 aromatic carbocycles.